The number of carbonyl (C=O) groups is 1. The number of nitrogens with one attached hydrogen (secondary N) is 2. The van der Waals surface area contributed by atoms with Crippen molar-refractivity contribution in [2.75, 3.05) is 18.9 Å². The number of hydrogen-bond donors (Lipinski definition) is 2. The van der Waals surface area contributed by atoms with E-state index in [-0.39, 0.29) is 17.9 Å². The molecule has 0 saturated carbocycles. The molecule has 0 aliphatic carbocycles. The highest BCUT2D eigenvalue weighted by molar-refractivity contribution is 5.86. The van der Waals surface area contributed by atoms with E-state index in [1.165, 1.54) is 6.33 Å². The molecule has 3 aromatic rings. The number of aryl methyl sites for hydroxylation is 1. The van der Waals surface area contributed by atoms with Crippen molar-refractivity contribution in [3.63, 3.8) is 0 Å². The van der Waals surface area contributed by atoms with E-state index >= 15 is 0 Å². The van der Waals surface area contributed by atoms with Crippen LogP contribution in [0.25, 0.3) is 11.0 Å². The average molecular weight is 325 g/mol. The summed E-state index contributed by atoms with van der Waals surface area (Å²) in [5.74, 6) is 1.11. The first-order valence-electron chi connectivity index (χ1n) is 7.89. The van der Waals surface area contributed by atoms with E-state index in [9.17, 15) is 4.79 Å². The largest absolute Gasteiger partial charge is 0.369 e. The molecule has 124 valence electrons. The maximum absolute atomic E-state index is 12.2. The summed E-state index contributed by atoms with van der Waals surface area (Å²) in [4.78, 5) is 25.6. The van der Waals surface area contributed by atoms with Crippen molar-refractivity contribution in [3.05, 3.63) is 36.5 Å². The average Bonchev–Trinajstić information content (AvgIpc) is 3.26. The number of likely N-dealkylation sites (tertiary alicyclic amines) is 1. The van der Waals surface area contributed by atoms with Crippen LogP contribution in [0, 0.1) is 5.92 Å². The molecule has 1 aliphatic heterocycles. The van der Waals surface area contributed by atoms with Gasteiger partial charge >= 0.3 is 0 Å². The van der Waals surface area contributed by atoms with E-state index in [0.29, 0.717) is 13.0 Å². The van der Waals surface area contributed by atoms with E-state index in [1.807, 2.05) is 43.7 Å². The Kier molecular flexibility index (Phi) is 3.44. The molecule has 8 heteroatoms. The normalized spacial score (nSPS) is 20.9. The van der Waals surface area contributed by atoms with E-state index in [4.69, 9.17) is 0 Å². The summed E-state index contributed by atoms with van der Waals surface area (Å²) in [6.07, 6.45) is 7.70. The Bertz CT molecular complexity index is 883. The Labute approximate surface area is 138 Å². The molecule has 2 atom stereocenters. The number of carbonyl (C=O) groups excluding carboxylic acids is 1. The maximum Gasteiger partial charge on any atom is 0.223 e. The number of anilines is 1. The molecule has 0 radical (unpaired) electrons. The minimum Gasteiger partial charge on any atom is -0.369 e. The Hall–Kier alpha value is -2.90. The van der Waals surface area contributed by atoms with Gasteiger partial charge in [-0.05, 0) is 6.07 Å². The summed E-state index contributed by atoms with van der Waals surface area (Å²) in [7, 11) is 3.74. The molecule has 0 unspecified atom stereocenters. The molecule has 0 spiro atoms. The molecule has 1 fully saturated rings. The van der Waals surface area contributed by atoms with Gasteiger partial charge in [0, 0.05) is 50.9 Å². The molecule has 3 aromatic heterocycles. The Morgan fingerprint density at radius 1 is 1.38 bits per heavy atom. The molecule has 1 saturated heterocycles. The van der Waals surface area contributed by atoms with Crippen molar-refractivity contribution >= 4 is 22.8 Å². The third-order valence-corrected chi connectivity index (χ3v) is 4.65. The van der Waals surface area contributed by atoms with Crippen molar-refractivity contribution < 1.29 is 4.79 Å². The third-order valence-electron chi connectivity index (χ3n) is 4.65. The summed E-state index contributed by atoms with van der Waals surface area (Å²) in [5, 5.41) is 8.58. The molecule has 1 aliphatic rings. The van der Waals surface area contributed by atoms with Crippen LogP contribution in [0.1, 0.15) is 18.0 Å². The monoisotopic (exact) mass is 325 g/mol. The molecule has 8 nitrogen and oxygen atoms in total. The van der Waals surface area contributed by atoms with Gasteiger partial charge in [0.15, 0.2) is 0 Å². The van der Waals surface area contributed by atoms with Crippen molar-refractivity contribution in [2.45, 2.75) is 12.5 Å². The summed E-state index contributed by atoms with van der Waals surface area (Å²) in [6.45, 7) is 0.660. The summed E-state index contributed by atoms with van der Waals surface area (Å²) < 4.78 is 1.77. The zero-order chi connectivity index (χ0) is 16.7. The Balaban J connectivity index is 1.56. The van der Waals surface area contributed by atoms with Crippen LogP contribution in [0.4, 0.5) is 5.82 Å². The van der Waals surface area contributed by atoms with Crippen molar-refractivity contribution in [3.8, 4) is 0 Å². The van der Waals surface area contributed by atoms with Gasteiger partial charge in [0.25, 0.3) is 0 Å². The van der Waals surface area contributed by atoms with Crippen LogP contribution in [0.5, 0.6) is 0 Å². The van der Waals surface area contributed by atoms with Gasteiger partial charge in [-0.15, -0.1) is 0 Å². The van der Waals surface area contributed by atoms with Gasteiger partial charge in [-0.3, -0.25) is 9.48 Å². The standard InChI is InChI=1S/C16H19N7O/c1-22-8-11(7-21-22)14-10(5-13(24)23(14)2)6-18-16-12-3-4-17-15(12)19-9-20-16/h3-4,7-10,14H,5-6H2,1-2H3,(H2,17,18,19,20)/t10-,14+/m0/s1. The summed E-state index contributed by atoms with van der Waals surface area (Å²) in [6, 6.07) is 1.98. The minimum atomic E-state index is 0.0299. The number of hydrogen-bond acceptors (Lipinski definition) is 5. The van der Waals surface area contributed by atoms with E-state index in [1.54, 1.807) is 4.68 Å². The summed E-state index contributed by atoms with van der Waals surface area (Å²) in [5.41, 5.74) is 1.86. The molecular formula is C16H19N7O. The van der Waals surface area contributed by atoms with Crippen molar-refractivity contribution in [1.82, 2.24) is 29.6 Å². The van der Waals surface area contributed by atoms with Gasteiger partial charge in [-0.1, -0.05) is 0 Å². The first-order valence-corrected chi connectivity index (χ1v) is 7.89. The van der Waals surface area contributed by atoms with Crippen molar-refractivity contribution in [2.24, 2.45) is 13.0 Å². The molecule has 4 rings (SSSR count). The van der Waals surface area contributed by atoms with Crippen LogP contribution >= 0.6 is 0 Å². The quantitative estimate of drug-likeness (QED) is 0.755. The second kappa shape index (κ2) is 5.63. The highest BCUT2D eigenvalue weighted by atomic mass is 16.2. The number of H-pyrrole nitrogens is 1. The lowest BCUT2D eigenvalue weighted by Crippen LogP contribution is -2.26. The maximum atomic E-state index is 12.2. The third kappa shape index (κ3) is 2.40. The fourth-order valence-electron chi connectivity index (χ4n) is 3.46. The van der Waals surface area contributed by atoms with Crippen LogP contribution in [0.3, 0.4) is 0 Å². The van der Waals surface area contributed by atoms with Crippen molar-refractivity contribution in [1.29, 1.82) is 0 Å². The van der Waals surface area contributed by atoms with E-state index in [0.717, 1.165) is 22.4 Å². The Morgan fingerprint density at radius 2 is 2.25 bits per heavy atom. The van der Waals surface area contributed by atoms with E-state index in [2.05, 4.69) is 25.4 Å². The zero-order valence-electron chi connectivity index (χ0n) is 13.6. The van der Waals surface area contributed by atoms with Crippen LogP contribution in [0.2, 0.25) is 0 Å². The highest BCUT2D eigenvalue weighted by Gasteiger charge is 2.38. The molecule has 4 heterocycles. The van der Waals surface area contributed by atoms with Crippen LogP contribution < -0.4 is 5.32 Å². The van der Waals surface area contributed by atoms with E-state index < -0.39 is 0 Å². The highest BCUT2D eigenvalue weighted by Crippen LogP contribution is 2.37. The topological polar surface area (TPSA) is 91.7 Å². The fourth-order valence-corrected chi connectivity index (χ4v) is 3.46. The lowest BCUT2D eigenvalue weighted by atomic mass is 9.95. The van der Waals surface area contributed by atoms with Crippen LogP contribution in [0.15, 0.2) is 31.0 Å². The number of nitrogens with zero attached hydrogens (tertiary/aromatic N) is 5. The number of aromatic amines is 1. The second-order valence-electron chi connectivity index (χ2n) is 6.20. The van der Waals surface area contributed by atoms with Gasteiger partial charge in [0.05, 0.1) is 17.6 Å². The second-order valence-corrected chi connectivity index (χ2v) is 6.20. The lowest BCUT2D eigenvalue weighted by molar-refractivity contribution is -0.127. The minimum absolute atomic E-state index is 0.0299. The molecule has 24 heavy (non-hydrogen) atoms. The molecule has 0 bridgehead atoms. The first-order chi connectivity index (χ1) is 11.6. The fraction of sp³-hybridized carbons (Fsp3) is 0.375. The van der Waals surface area contributed by atoms with Crippen LogP contribution in [-0.2, 0) is 11.8 Å². The first kappa shape index (κ1) is 14.7. The van der Waals surface area contributed by atoms with Gasteiger partial charge in [-0.2, -0.15) is 5.10 Å². The number of aromatic nitrogens is 5. The van der Waals surface area contributed by atoms with Gasteiger partial charge in [0.2, 0.25) is 5.91 Å². The number of rotatable bonds is 4. The number of amides is 1. The molecule has 1 amide bonds. The SMILES string of the molecule is CN1C(=O)C[C@@H](CNc2ncnc3[nH]ccc23)[C@@H]1c1cnn(C)c1. The Morgan fingerprint density at radius 3 is 3.04 bits per heavy atom. The van der Waals surface area contributed by atoms with Gasteiger partial charge in [0.1, 0.15) is 17.8 Å². The van der Waals surface area contributed by atoms with Crippen LogP contribution in [-0.4, -0.2) is 49.1 Å². The molecule has 0 aromatic carbocycles. The summed E-state index contributed by atoms with van der Waals surface area (Å²) >= 11 is 0. The molecular weight excluding hydrogens is 306 g/mol. The zero-order valence-corrected chi connectivity index (χ0v) is 13.6. The molecule has 2 N–H and O–H groups in total. The van der Waals surface area contributed by atoms with Gasteiger partial charge < -0.3 is 15.2 Å². The smallest absolute Gasteiger partial charge is 0.223 e. The number of fused-ring (bicyclic) bond motifs is 1. The predicted octanol–water partition coefficient (Wildman–Crippen LogP) is 1.32. The lowest BCUT2D eigenvalue weighted by Gasteiger charge is -2.24. The van der Waals surface area contributed by atoms with Gasteiger partial charge in [-0.25, -0.2) is 9.97 Å². The predicted molar refractivity (Wildman–Crippen MR) is 89.2 cm³/mol.